The number of methoxy groups -OCH3 is 1. The topological polar surface area (TPSA) is 51.7 Å². The van der Waals surface area contributed by atoms with Gasteiger partial charge >= 0.3 is 5.97 Å². The molecule has 1 aromatic heterocycles. The number of hydrogen-bond acceptors (Lipinski definition) is 5. The Balaban J connectivity index is 1.75. The van der Waals surface area contributed by atoms with Gasteiger partial charge in [-0.3, -0.25) is 9.88 Å². The zero-order valence-corrected chi connectivity index (χ0v) is 26.3. The number of benzene rings is 2. The number of nitrogens with zero attached hydrogens (tertiary/aromatic N) is 2. The quantitative estimate of drug-likeness (QED) is 0.209. The summed E-state index contributed by atoms with van der Waals surface area (Å²) < 4.78 is 26.7. The number of aromatic nitrogens is 1. The van der Waals surface area contributed by atoms with E-state index < -0.39 is 8.32 Å². The average molecular weight is 575 g/mol. The Bertz CT molecular complexity index is 1380. The summed E-state index contributed by atoms with van der Waals surface area (Å²) in [7, 11) is -0.808. The van der Waals surface area contributed by atoms with Gasteiger partial charge < -0.3 is 9.16 Å². The predicted octanol–water partition coefficient (Wildman–Crippen LogP) is 8.41. The number of halogens is 1. The molecule has 218 valence electrons. The van der Waals surface area contributed by atoms with Gasteiger partial charge in [0.15, 0.2) is 8.32 Å². The van der Waals surface area contributed by atoms with Crippen LogP contribution in [0.5, 0.6) is 0 Å². The molecule has 7 heteroatoms. The van der Waals surface area contributed by atoms with E-state index in [1.54, 1.807) is 12.1 Å². The van der Waals surface area contributed by atoms with Crippen LogP contribution in [0.1, 0.15) is 91.3 Å². The minimum absolute atomic E-state index is 0.00664. The van der Waals surface area contributed by atoms with E-state index in [2.05, 4.69) is 63.0 Å². The van der Waals surface area contributed by atoms with Crippen LogP contribution in [0.3, 0.4) is 0 Å². The number of ether oxygens (including phenoxy) is 1. The molecule has 2 heterocycles. The highest BCUT2D eigenvalue weighted by Gasteiger charge is 2.43. The van der Waals surface area contributed by atoms with E-state index in [0.717, 1.165) is 60.3 Å². The SMILES string of the molecule is COC(=O)c1c(C2CCCC2)nc2c(c1-c1ccc(F)cc1)C(O[Si](C)(C)C(C)(C)C)CN(Cc1ccccc1)C2. The van der Waals surface area contributed by atoms with Crippen molar-refractivity contribution in [3.05, 3.63) is 88.5 Å². The molecule has 1 atom stereocenters. The second-order valence-electron chi connectivity index (χ2n) is 13.1. The Hall–Kier alpha value is -2.87. The van der Waals surface area contributed by atoms with Gasteiger partial charge in [-0.25, -0.2) is 9.18 Å². The Kier molecular flexibility index (Phi) is 8.51. The van der Waals surface area contributed by atoms with Crippen molar-refractivity contribution in [2.24, 2.45) is 0 Å². The molecule has 1 unspecified atom stereocenters. The van der Waals surface area contributed by atoms with Gasteiger partial charge in [0.1, 0.15) is 5.82 Å². The van der Waals surface area contributed by atoms with Crippen molar-refractivity contribution in [2.75, 3.05) is 13.7 Å². The first-order valence-corrected chi connectivity index (χ1v) is 17.7. The molecular weight excluding hydrogens is 531 g/mol. The summed E-state index contributed by atoms with van der Waals surface area (Å²) in [5.41, 5.74) is 6.07. The van der Waals surface area contributed by atoms with Crippen LogP contribution in [-0.2, 0) is 22.3 Å². The number of rotatable bonds is 7. The van der Waals surface area contributed by atoms with Gasteiger partial charge in [0, 0.05) is 36.7 Å². The molecule has 2 aromatic carbocycles. The largest absolute Gasteiger partial charge is 0.465 e. The number of carbonyl (C=O) groups excluding carboxylic acids is 1. The molecule has 0 N–H and O–H groups in total. The van der Waals surface area contributed by atoms with Crippen molar-refractivity contribution >= 4 is 14.3 Å². The predicted molar refractivity (Wildman–Crippen MR) is 164 cm³/mol. The number of fused-ring (bicyclic) bond motifs is 1. The van der Waals surface area contributed by atoms with Crippen molar-refractivity contribution in [1.29, 1.82) is 0 Å². The van der Waals surface area contributed by atoms with Crippen LogP contribution in [-0.4, -0.2) is 37.8 Å². The molecule has 1 saturated carbocycles. The molecule has 3 aromatic rings. The normalized spacial score (nSPS) is 18.4. The third kappa shape index (κ3) is 6.18. The van der Waals surface area contributed by atoms with E-state index in [1.165, 1.54) is 24.8 Å². The highest BCUT2D eigenvalue weighted by atomic mass is 28.4. The summed E-state index contributed by atoms with van der Waals surface area (Å²) in [6, 6.07) is 17.0. The van der Waals surface area contributed by atoms with Gasteiger partial charge in [-0.05, 0) is 54.2 Å². The monoisotopic (exact) mass is 574 g/mol. The van der Waals surface area contributed by atoms with E-state index >= 15 is 0 Å². The van der Waals surface area contributed by atoms with E-state index in [1.807, 2.05) is 6.07 Å². The van der Waals surface area contributed by atoms with Crippen LogP contribution in [0.4, 0.5) is 4.39 Å². The first-order chi connectivity index (χ1) is 19.5. The highest BCUT2D eigenvalue weighted by molar-refractivity contribution is 6.74. The van der Waals surface area contributed by atoms with Crippen molar-refractivity contribution < 1.29 is 18.3 Å². The molecular formula is C34H43FN2O3Si. The maximum atomic E-state index is 14.2. The number of pyridine rings is 1. The van der Waals surface area contributed by atoms with E-state index in [9.17, 15) is 9.18 Å². The highest BCUT2D eigenvalue weighted by Crippen LogP contribution is 2.47. The maximum Gasteiger partial charge on any atom is 0.340 e. The lowest BCUT2D eigenvalue weighted by Gasteiger charge is -2.44. The summed E-state index contributed by atoms with van der Waals surface area (Å²) in [5, 5.41) is -0.00664. The Morgan fingerprint density at radius 2 is 1.71 bits per heavy atom. The summed E-state index contributed by atoms with van der Waals surface area (Å²) in [5.74, 6) is -0.507. The molecule has 0 bridgehead atoms. The standard InChI is InChI=1S/C34H43FN2O3Si/c1-34(2,3)41(5,6)40-28-22-37(20-23-12-8-7-9-13-23)21-27-30(28)29(24-16-18-26(35)19-17-24)31(33(38)39-4)32(36-27)25-14-10-11-15-25/h7-9,12-13,16-19,25,28H,10-11,14-15,20-22H2,1-6H3. The third-order valence-corrected chi connectivity index (χ3v) is 13.7. The summed E-state index contributed by atoms with van der Waals surface area (Å²) in [6.45, 7) is 13.4. The average Bonchev–Trinajstić information content (AvgIpc) is 3.47. The van der Waals surface area contributed by atoms with Crippen LogP contribution in [0.15, 0.2) is 54.6 Å². The van der Waals surface area contributed by atoms with Crippen molar-refractivity contribution in [3.63, 3.8) is 0 Å². The Morgan fingerprint density at radius 3 is 2.32 bits per heavy atom. The van der Waals surface area contributed by atoms with E-state index in [-0.39, 0.29) is 28.8 Å². The molecule has 1 fully saturated rings. The lowest BCUT2D eigenvalue weighted by molar-refractivity contribution is 0.0597. The molecule has 0 spiro atoms. The van der Waals surface area contributed by atoms with Gasteiger partial charge in [0.25, 0.3) is 0 Å². The van der Waals surface area contributed by atoms with Crippen molar-refractivity contribution in [1.82, 2.24) is 9.88 Å². The molecule has 1 aliphatic heterocycles. The second kappa shape index (κ2) is 11.8. The molecule has 0 amide bonds. The van der Waals surface area contributed by atoms with Crippen LogP contribution >= 0.6 is 0 Å². The van der Waals surface area contributed by atoms with Gasteiger partial charge in [0.2, 0.25) is 0 Å². The zero-order chi connectivity index (χ0) is 29.4. The molecule has 41 heavy (non-hydrogen) atoms. The molecule has 5 nitrogen and oxygen atoms in total. The fourth-order valence-electron chi connectivity index (χ4n) is 6.05. The van der Waals surface area contributed by atoms with Gasteiger partial charge in [0.05, 0.1) is 30.2 Å². The fourth-order valence-corrected chi connectivity index (χ4v) is 7.31. The number of hydrogen-bond donors (Lipinski definition) is 0. The molecule has 2 aliphatic rings. The lowest BCUT2D eigenvalue weighted by atomic mass is 9.84. The molecule has 0 radical (unpaired) electrons. The first kappa shape index (κ1) is 29.6. The summed E-state index contributed by atoms with van der Waals surface area (Å²) in [6.07, 6.45) is 3.93. The lowest BCUT2D eigenvalue weighted by Crippen LogP contribution is -2.46. The van der Waals surface area contributed by atoms with E-state index in [0.29, 0.717) is 18.7 Å². The van der Waals surface area contributed by atoms with Crippen LogP contribution in [0.2, 0.25) is 18.1 Å². The van der Waals surface area contributed by atoms with E-state index in [4.69, 9.17) is 14.1 Å². The van der Waals surface area contributed by atoms with Gasteiger partial charge in [-0.15, -0.1) is 0 Å². The first-order valence-electron chi connectivity index (χ1n) is 14.8. The number of esters is 1. The van der Waals surface area contributed by atoms with Gasteiger partial charge in [-0.1, -0.05) is 76.1 Å². The molecule has 1 aliphatic carbocycles. The summed E-state index contributed by atoms with van der Waals surface area (Å²) in [4.78, 5) is 21.3. The smallest absolute Gasteiger partial charge is 0.340 e. The minimum atomic E-state index is -2.24. The number of carbonyl (C=O) groups is 1. The molecule has 0 saturated heterocycles. The second-order valence-corrected chi connectivity index (χ2v) is 17.9. The van der Waals surface area contributed by atoms with Crippen molar-refractivity contribution in [2.45, 2.75) is 89.7 Å². The van der Waals surface area contributed by atoms with Crippen LogP contribution < -0.4 is 0 Å². The minimum Gasteiger partial charge on any atom is -0.465 e. The Morgan fingerprint density at radius 1 is 1.05 bits per heavy atom. The molecule has 5 rings (SSSR count). The maximum absolute atomic E-state index is 14.2. The zero-order valence-electron chi connectivity index (χ0n) is 25.3. The summed E-state index contributed by atoms with van der Waals surface area (Å²) >= 11 is 0. The Labute approximate surface area is 245 Å². The van der Waals surface area contributed by atoms with Crippen molar-refractivity contribution in [3.8, 4) is 11.1 Å². The fraction of sp³-hybridized carbons (Fsp3) is 0.471. The third-order valence-electron chi connectivity index (χ3n) is 9.22. The van der Waals surface area contributed by atoms with Crippen LogP contribution in [0.25, 0.3) is 11.1 Å². The van der Waals surface area contributed by atoms with Crippen LogP contribution in [0, 0.1) is 5.82 Å². The van der Waals surface area contributed by atoms with Gasteiger partial charge in [-0.2, -0.15) is 0 Å².